The third kappa shape index (κ3) is 5.81. The van der Waals surface area contributed by atoms with E-state index in [1.165, 1.54) is 5.56 Å². The number of benzene rings is 2. The van der Waals surface area contributed by atoms with Gasteiger partial charge in [0.2, 0.25) is 0 Å². The fraction of sp³-hybridized carbons (Fsp3) is 0.261. The number of nitrogens with zero attached hydrogens (tertiary/aromatic N) is 1. The molecule has 0 aliphatic carbocycles. The van der Waals surface area contributed by atoms with Crippen LogP contribution in [0.2, 0.25) is 0 Å². The molecule has 0 atom stereocenters. The highest BCUT2D eigenvalue weighted by Crippen LogP contribution is 2.34. The first kappa shape index (κ1) is 20.4. The molecule has 0 aliphatic heterocycles. The number of halogens is 1. The summed E-state index contributed by atoms with van der Waals surface area (Å²) in [5.41, 5.74) is 4.49. The molecule has 0 bridgehead atoms. The van der Waals surface area contributed by atoms with Crippen molar-refractivity contribution in [3.05, 3.63) is 87.7 Å². The number of hydrogen-bond acceptors (Lipinski definition) is 4. The Morgan fingerprint density at radius 2 is 1.82 bits per heavy atom. The predicted octanol–water partition coefficient (Wildman–Crippen LogP) is 5.42. The lowest BCUT2D eigenvalue weighted by Gasteiger charge is -2.16. The molecular formula is C23H25BrN2O2. The minimum atomic E-state index is 0.505. The van der Waals surface area contributed by atoms with Gasteiger partial charge in [0, 0.05) is 23.8 Å². The molecule has 0 spiro atoms. The predicted molar refractivity (Wildman–Crippen MR) is 116 cm³/mol. The van der Waals surface area contributed by atoms with E-state index in [2.05, 4.69) is 51.4 Å². The summed E-state index contributed by atoms with van der Waals surface area (Å²) in [6.45, 7) is 6.57. The van der Waals surface area contributed by atoms with E-state index in [1.54, 1.807) is 6.20 Å². The Bertz CT molecular complexity index is 900. The molecule has 0 radical (unpaired) electrons. The van der Waals surface area contributed by atoms with Crippen molar-refractivity contribution in [1.29, 1.82) is 0 Å². The Hall–Kier alpha value is -2.37. The molecule has 5 heteroatoms. The average molecular weight is 441 g/mol. The number of rotatable bonds is 9. The van der Waals surface area contributed by atoms with Gasteiger partial charge in [-0.25, -0.2) is 0 Å². The van der Waals surface area contributed by atoms with E-state index in [0.29, 0.717) is 26.3 Å². The monoisotopic (exact) mass is 440 g/mol. The topological polar surface area (TPSA) is 43.4 Å². The van der Waals surface area contributed by atoms with Crippen molar-refractivity contribution in [1.82, 2.24) is 10.3 Å². The lowest BCUT2D eigenvalue weighted by atomic mass is 10.1. The molecule has 0 amide bonds. The third-order valence-electron chi connectivity index (χ3n) is 4.24. The summed E-state index contributed by atoms with van der Waals surface area (Å²) >= 11 is 3.67. The van der Waals surface area contributed by atoms with Crippen LogP contribution in [0.1, 0.15) is 29.3 Å². The van der Waals surface area contributed by atoms with Gasteiger partial charge in [0.1, 0.15) is 6.61 Å². The Morgan fingerprint density at radius 3 is 2.57 bits per heavy atom. The van der Waals surface area contributed by atoms with Gasteiger partial charge in [0.25, 0.3) is 0 Å². The van der Waals surface area contributed by atoms with Gasteiger partial charge in [-0.1, -0.05) is 51.8 Å². The first-order valence-electron chi connectivity index (χ1n) is 9.40. The molecule has 1 heterocycles. The van der Waals surface area contributed by atoms with Crippen LogP contribution in [0.5, 0.6) is 11.5 Å². The highest BCUT2D eigenvalue weighted by molar-refractivity contribution is 9.10. The molecule has 0 fully saturated rings. The van der Waals surface area contributed by atoms with Gasteiger partial charge in [-0.15, -0.1) is 0 Å². The second kappa shape index (κ2) is 10.2. The van der Waals surface area contributed by atoms with Gasteiger partial charge >= 0.3 is 0 Å². The molecule has 0 saturated heterocycles. The fourth-order valence-corrected chi connectivity index (χ4v) is 3.35. The molecule has 0 unspecified atom stereocenters. The quantitative estimate of drug-likeness (QED) is 0.482. The summed E-state index contributed by atoms with van der Waals surface area (Å²) in [4.78, 5) is 4.33. The van der Waals surface area contributed by atoms with Crippen LogP contribution in [0.15, 0.2) is 65.3 Å². The van der Waals surface area contributed by atoms with Gasteiger partial charge in [-0.2, -0.15) is 0 Å². The molecule has 28 heavy (non-hydrogen) atoms. The summed E-state index contributed by atoms with van der Waals surface area (Å²) in [6, 6.07) is 18.3. The minimum Gasteiger partial charge on any atom is -0.490 e. The number of ether oxygens (including phenoxy) is 2. The highest BCUT2D eigenvalue weighted by Gasteiger charge is 2.11. The molecular weight excluding hydrogens is 416 g/mol. The third-order valence-corrected chi connectivity index (χ3v) is 4.98. The van der Waals surface area contributed by atoms with Gasteiger partial charge in [-0.05, 0) is 49.2 Å². The number of aromatic nitrogens is 1. The zero-order chi connectivity index (χ0) is 19.8. The number of nitrogens with one attached hydrogen (secondary N) is 1. The standard InChI is InChI=1S/C23H25BrN2O2/c1-3-27-22-12-19(14-25-15-20-9-4-5-10-26-20)21(24)13-23(22)28-16-18-8-6-7-17(2)11-18/h4-13,25H,3,14-16H2,1-2H3. The number of hydrogen-bond donors (Lipinski definition) is 1. The van der Waals surface area contributed by atoms with Crippen molar-refractivity contribution < 1.29 is 9.47 Å². The van der Waals surface area contributed by atoms with E-state index in [4.69, 9.17) is 9.47 Å². The maximum absolute atomic E-state index is 6.05. The van der Waals surface area contributed by atoms with E-state index in [-0.39, 0.29) is 0 Å². The van der Waals surface area contributed by atoms with Crippen molar-refractivity contribution in [3.63, 3.8) is 0 Å². The first-order valence-corrected chi connectivity index (χ1v) is 10.2. The summed E-state index contributed by atoms with van der Waals surface area (Å²) < 4.78 is 12.9. The van der Waals surface area contributed by atoms with E-state index in [0.717, 1.165) is 32.8 Å². The Balaban J connectivity index is 1.68. The Morgan fingerprint density at radius 1 is 0.964 bits per heavy atom. The van der Waals surface area contributed by atoms with Crippen LogP contribution in [0.4, 0.5) is 0 Å². The van der Waals surface area contributed by atoms with Crippen LogP contribution in [-0.2, 0) is 19.7 Å². The van der Waals surface area contributed by atoms with E-state index >= 15 is 0 Å². The van der Waals surface area contributed by atoms with Gasteiger partial charge in [0.15, 0.2) is 11.5 Å². The summed E-state index contributed by atoms with van der Waals surface area (Å²) in [6.07, 6.45) is 1.81. The number of aryl methyl sites for hydroxylation is 1. The van der Waals surface area contributed by atoms with Crippen molar-refractivity contribution in [2.45, 2.75) is 33.5 Å². The maximum atomic E-state index is 6.05. The minimum absolute atomic E-state index is 0.505. The SMILES string of the molecule is CCOc1cc(CNCc2ccccn2)c(Br)cc1OCc1cccc(C)c1. The second-order valence-electron chi connectivity index (χ2n) is 6.53. The lowest BCUT2D eigenvalue weighted by Crippen LogP contribution is -2.14. The van der Waals surface area contributed by atoms with E-state index in [1.807, 2.05) is 43.3 Å². The van der Waals surface area contributed by atoms with Crippen LogP contribution in [-0.4, -0.2) is 11.6 Å². The average Bonchev–Trinajstić information content (AvgIpc) is 2.70. The largest absolute Gasteiger partial charge is 0.490 e. The summed E-state index contributed by atoms with van der Waals surface area (Å²) in [5, 5.41) is 3.42. The molecule has 1 aromatic heterocycles. The molecule has 146 valence electrons. The van der Waals surface area contributed by atoms with Crippen LogP contribution in [0, 0.1) is 6.92 Å². The fourth-order valence-electron chi connectivity index (χ4n) is 2.88. The molecule has 3 aromatic rings. The molecule has 0 saturated carbocycles. The van der Waals surface area contributed by atoms with Gasteiger partial charge < -0.3 is 14.8 Å². The van der Waals surface area contributed by atoms with Gasteiger partial charge in [-0.3, -0.25) is 4.98 Å². The molecule has 2 aromatic carbocycles. The van der Waals surface area contributed by atoms with Crippen molar-refractivity contribution >= 4 is 15.9 Å². The van der Waals surface area contributed by atoms with E-state index in [9.17, 15) is 0 Å². The Labute approximate surface area is 175 Å². The first-order chi connectivity index (χ1) is 13.7. The van der Waals surface area contributed by atoms with Crippen LogP contribution in [0.3, 0.4) is 0 Å². The smallest absolute Gasteiger partial charge is 0.162 e. The zero-order valence-corrected chi connectivity index (χ0v) is 17.8. The second-order valence-corrected chi connectivity index (χ2v) is 7.38. The normalized spacial score (nSPS) is 10.7. The van der Waals surface area contributed by atoms with Crippen molar-refractivity contribution in [2.75, 3.05) is 6.61 Å². The molecule has 4 nitrogen and oxygen atoms in total. The van der Waals surface area contributed by atoms with E-state index < -0.39 is 0 Å². The number of pyridine rings is 1. The van der Waals surface area contributed by atoms with Crippen molar-refractivity contribution in [3.8, 4) is 11.5 Å². The lowest BCUT2D eigenvalue weighted by molar-refractivity contribution is 0.268. The molecule has 3 rings (SSSR count). The maximum Gasteiger partial charge on any atom is 0.162 e. The van der Waals surface area contributed by atoms with Crippen molar-refractivity contribution in [2.24, 2.45) is 0 Å². The van der Waals surface area contributed by atoms with Gasteiger partial charge in [0.05, 0.1) is 12.3 Å². The summed E-state index contributed by atoms with van der Waals surface area (Å²) in [5.74, 6) is 1.50. The Kier molecular flexibility index (Phi) is 7.46. The highest BCUT2D eigenvalue weighted by atomic mass is 79.9. The summed E-state index contributed by atoms with van der Waals surface area (Å²) in [7, 11) is 0. The van der Waals surface area contributed by atoms with Crippen LogP contribution < -0.4 is 14.8 Å². The molecule has 1 N–H and O–H groups in total. The van der Waals surface area contributed by atoms with Crippen LogP contribution >= 0.6 is 15.9 Å². The molecule has 0 aliphatic rings. The van der Waals surface area contributed by atoms with Crippen LogP contribution in [0.25, 0.3) is 0 Å². The zero-order valence-electron chi connectivity index (χ0n) is 16.2.